The van der Waals surface area contributed by atoms with Crippen LogP contribution in [-0.2, 0) is 6.54 Å². The van der Waals surface area contributed by atoms with Gasteiger partial charge in [0.1, 0.15) is 11.3 Å². The zero-order valence-electron chi connectivity index (χ0n) is 12.6. The van der Waals surface area contributed by atoms with Crippen LogP contribution < -0.4 is 4.74 Å². The second-order valence-corrected chi connectivity index (χ2v) is 5.00. The van der Waals surface area contributed by atoms with Gasteiger partial charge in [0.25, 0.3) is 5.91 Å². The Balaban J connectivity index is 1.80. The summed E-state index contributed by atoms with van der Waals surface area (Å²) in [5.74, 6) is 0.641. The Morgan fingerprint density at radius 3 is 2.83 bits per heavy atom. The Kier molecular flexibility index (Phi) is 4.33. The van der Waals surface area contributed by atoms with Gasteiger partial charge in [-0.05, 0) is 36.4 Å². The van der Waals surface area contributed by atoms with Gasteiger partial charge in [-0.25, -0.2) is 4.98 Å². The molecular formula is C17H16N4O2. The van der Waals surface area contributed by atoms with E-state index in [4.69, 9.17) is 4.74 Å². The van der Waals surface area contributed by atoms with Crippen LogP contribution in [0.3, 0.4) is 0 Å². The number of aromatic nitrogens is 3. The highest BCUT2D eigenvalue weighted by Crippen LogP contribution is 2.23. The Morgan fingerprint density at radius 1 is 1.22 bits per heavy atom. The molecule has 3 heterocycles. The van der Waals surface area contributed by atoms with Crippen LogP contribution in [0.2, 0.25) is 0 Å². The molecule has 0 aliphatic rings. The van der Waals surface area contributed by atoms with Crippen molar-refractivity contribution in [1.29, 1.82) is 0 Å². The maximum atomic E-state index is 12.7. The fourth-order valence-electron chi connectivity index (χ4n) is 2.15. The van der Waals surface area contributed by atoms with E-state index in [0.29, 0.717) is 17.9 Å². The molecule has 3 aromatic rings. The summed E-state index contributed by atoms with van der Waals surface area (Å²) < 4.78 is 5.69. The summed E-state index contributed by atoms with van der Waals surface area (Å²) in [5, 5.41) is 0. The summed E-state index contributed by atoms with van der Waals surface area (Å²) >= 11 is 0. The van der Waals surface area contributed by atoms with Gasteiger partial charge >= 0.3 is 0 Å². The molecule has 116 valence electrons. The molecule has 23 heavy (non-hydrogen) atoms. The molecule has 1 amide bonds. The van der Waals surface area contributed by atoms with Crippen molar-refractivity contribution in [3.63, 3.8) is 0 Å². The lowest BCUT2D eigenvalue weighted by molar-refractivity contribution is 0.0780. The van der Waals surface area contributed by atoms with Gasteiger partial charge in [0.2, 0.25) is 5.88 Å². The Hall–Kier alpha value is -3.15. The number of nitrogens with one attached hydrogen (secondary N) is 1. The lowest BCUT2D eigenvalue weighted by Crippen LogP contribution is -2.26. The fraction of sp³-hybridized carbons (Fsp3) is 0.118. The van der Waals surface area contributed by atoms with Crippen molar-refractivity contribution < 1.29 is 9.53 Å². The molecule has 0 fully saturated rings. The predicted molar refractivity (Wildman–Crippen MR) is 85.1 cm³/mol. The summed E-state index contributed by atoms with van der Waals surface area (Å²) in [4.78, 5) is 25.5. The van der Waals surface area contributed by atoms with Gasteiger partial charge in [0.05, 0.1) is 12.7 Å². The summed E-state index contributed by atoms with van der Waals surface area (Å²) in [6.07, 6.45) is 6.65. The number of nitrogens with zero attached hydrogens (tertiary/aromatic N) is 3. The first-order chi connectivity index (χ1) is 11.2. The molecule has 6 nitrogen and oxygen atoms in total. The van der Waals surface area contributed by atoms with E-state index in [-0.39, 0.29) is 11.8 Å². The Morgan fingerprint density at radius 2 is 2.09 bits per heavy atom. The predicted octanol–water partition coefficient (Wildman–Crippen LogP) is 2.87. The van der Waals surface area contributed by atoms with Crippen LogP contribution in [0.1, 0.15) is 16.1 Å². The zero-order chi connectivity index (χ0) is 16.1. The average molecular weight is 308 g/mol. The van der Waals surface area contributed by atoms with E-state index in [1.807, 2.05) is 18.3 Å². The smallest absolute Gasteiger partial charge is 0.259 e. The van der Waals surface area contributed by atoms with Crippen molar-refractivity contribution in [3.05, 3.63) is 72.4 Å². The number of pyridine rings is 2. The van der Waals surface area contributed by atoms with Crippen LogP contribution in [0.4, 0.5) is 0 Å². The second kappa shape index (κ2) is 6.74. The number of hydrogen-bond acceptors (Lipinski definition) is 4. The van der Waals surface area contributed by atoms with Crippen molar-refractivity contribution in [2.24, 2.45) is 0 Å². The molecule has 0 aromatic carbocycles. The molecule has 0 aliphatic heterocycles. The first kappa shape index (κ1) is 14.8. The normalized spacial score (nSPS) is 10.3. The number of carbonyl (C=O) groups is 1. The molecule has 3 rings (SSSR count). The van der Waals surface area contributed by atoms with E-state index in [9.17, 15) is 4.79 Å². The topological polar surface area (TPSA) is 71.1 Å². The van der Waals surface area contributed by atoms with Gasteiger partial charge in [-0.3, -0.25) is 9.78 Å². The summed E-state index contributed by atoms with van der Waals surface area (Å²) in [6, 6.07) is 10.8. The summed E-state index contributed by atoms with van der Waals surface area (Å²) in [5.41, 5.74) is 1.37. The quantitative estimate of drug-likeness (QED) is 0.786. The molecule has 0 aliphatic carbocycles. The van der Waals surface area contributed by atoms with E-state index >= 15 is 0 Å². The van der Waals surface area contributed by atoms with Crippen molar-refractivity contribution >= 4 is 5.91 Å². The molecule has 3 aromatic heterocycles. The maximum Gasteiger partial charge on any atom is 0.259 e. The lowest BCUT2D eigenvalue weighted by atomic mass is 10.2. The van der Waals surface area contributed by atoms with E-state index in [1.54, 1.807) is 54.8 Å². The van der Waals surface area contributed by atoms with Gasteiger partial charge < -0.3 is 14.6 Å². The van der Waals surface area contributed by atoms with Crippen molar-refractivity contribution in [2.45, 2.75) is 6.54 Å². The summed E-state index contributed by atoms with van der Waals surface area (Å²) in [7, 11) is 1.74. The van der Waals surface area contributed by atoms with Crippen molar-refractivity contribution in [3.8, 4) is 11.6 Å². The number of hydrogen-bond donors (Lipinski definition) is 1. The molecule has 1 N–H and O–H groups in total. The van der Waals surface area contributed by atoms with Crippen LogP contribution in [0, 0.1) is 0 Å². The van der Waals surface area contributed by atoms with E-state index in [2.05, 4.69) is 15.0 Å². The third kappa shape index (κ3) is 3.55. The lowest BCUT2D eigenvalue weighted by Gasteiger charge is -2.17. The van der Waals surface area contributed by atoms with Gasteiger partial charge in [-0.1, -0.05) is 0 Å². The van der Waals surface area contributed by atoms with E-state index < -0.39 is 0 Å². The molecule has 0 saturated carbocycles. The van der Waals surface area contributed by atoms with Gasteiger partial charge in [0, 0.05) is 31.3 Å². The highest BCUT2D eigenvalue weighted by molar-refractivity contribution is 5.96. The number of carbonyl (C=O) groups excluding carboxylic acids is 1. The van der Waals surface area contributed by atoms with Crippen LogP contribution in [0.15, 0.2) is 61.2 Å². The molecule has 0 radical (unpaired) electrons. The third-order valence-electron chi connectivity index (χ3n) is 3.27. The molecular weight excluding hydrogens is 292 g/mol. The number of ether oxygens (including phenoxy) is 1. The number of rotatable bonds is 5. The minimum Gasteiger partial charge on any atom is -0.437 e. The first-order valence-electron chi connectivity index (χ1n) is 7.14. The number of H-pyrrole nitrogens is 1. The monoisotopic (exact) mass is 308 g/mol. The highest BCUT2D eigenvalue weighted by Gasteiger charge is 2.18. The van der Waals surface area contributed by atoms with Crippen LogP contribution >= 0.6 is 0 Å². The molecule has 0 saturated heterocycles. The van der Waals surface area contributed by atoms with Crippen LogP contribution in [0.5, 0.6) is 11.6 Å². The fourth-order valence-corrected chi connectivity index (χ4v) is 2.15. The first-order valence-corrected chi connectivity index (χ1v) is 7.14. The highest BCUT2D eigenvalue weighted by atomic mass is 16.5. The minimum atomic E-state index is -0.161. The molecule has 0 bridgehead atoms. The second-order valence-electron chi connectivity index (χ2n) is 5.00. The van der Waals surface area contributed by atoms with Gasteiger partial charge in [-0.15, -0.1) is 0 Å². The average Bonchev–Trinajstić information content (AvgIpc) is 3.08. The SMILES string of the molecule is CN(Cc1ccc[nH]1)C(=O)c1cccnc1Oc1cccnc1. The summed E-state index contributed by atoms with van der Waals surface area (Å²) in [6.45, 7) is 0.479. The van der Waals surface area contributed by atoms with Gasteiger partial charge in [0.15, 0.2) is 0 Å². The zero-order valence-corrected chi connectivity index (χ0v) is 12.6. The van der Waals surface area contributed by atoms with Crippen molar-refractivity contribution in [2.75, 3.05) is 7.05 Å². The van der Waals surface area contributed by atoms with Crippen LogP contribution in [-0.4, -0.2) is 32.8 Å². The van der Waals surface area contributed by atoms with Gasteiger partial charge in [-0.2, -0.15) is 0 Å². The minimum absolute atomic E-state index is 0.161. The number of amides is 1. The Bertz CT molecular complexity index is 772. The molecule has 0 spiro atoms. The van der Waals surface area contributed by atoms with Crippen LogP contribution in [0.25, 0.3) is 0 Å². The third-order valence-corrected chi connectivity index (χ3v) is 3.27. The van der Waals surface area contributed by atoms with E-state index in [0.717, 1.165) is 5.69 Å². The molecule has 0 atom stereocenters. The Labute approximate surface area is 133 Å². The maximum absolute atomic E-state index is 12.7. The molecule has 0 unspecified atom stereocenters. The van der Waals surface area contributed by atoms with E-state index in [1.165, 1.54) is 0 Å². The molecule has 6 heteroatoms. The number of aromatic amines is 1. The van der Waals surface area contributed by atoms with Crippen molar-refractivity contribution in [1.82, 2.24) is 19.9 Å². The largest absolute Gasteiger partial charge is 0.437 e. The standard InChI is InChI=1S/C17H16N4O2/c1-21(12-13-5-2-9-19-13)17(22)15-7-4-10-20-16(15)23-14-6-3-8-18-11-14/h2-11,19H,12H2,1H3.